The highest BCUT2D eigenvalue weighted by molar-refractivity contribution is 5.97. The molecule has 0 aromatic heterocycles. The minimum atomic E-state index is -0.886. The summed E-state index contributed by atoms with van der Waals surface area (Å²) in [6, 6.07) is 8.34. The molecule has 5 nitrogen and oxygen atoms in total. The molecule has 1 aliphatic heterocycles. The number of hydrogen-bond donors (Lipinski definition) is 2. The lowest BCUT2D eigenvalue weighted by Crippen LogP contribution is -2.56. The van der Waals surface area contributed by atoms with Gasteiger partial charge in [-0.3, -0.25) is 14.5 Å². The van der Waals surface area contributed by atoms with Crippen molar-refractivity contribution >= 4 is 11.8 Å². The summed E-state index contributed by atoms with van der Waals surface area (Å²) in [6.07, 6.45) is 0. The molecule has 1 aliphatic rings. The van der Waals surface area contributed by atoms with Crippen LogP contribution in [0.3, 0.4) is 0 Å². The van der Waals surface area contributed by atoms with Crippen LogP contribution < -0.4 is 5.32 Å². The van der Waals surface area contributed by atoms with Crippen LogP contribution in [0.2, 0.25) is 0 Å². The van der Waals surface area contributed by atoms with Crippen LogP contribution in [0.25, 0.3) is 0 Å². The molecule has 0 radical (unpaired) electrons. The second-order valence-electron chi connectivity index (χ2n) is 4.32. The van der Waals surface area contributed by atoms with Crippen LogP contribution in [0.5, 0.6) is 0 Å². The topological polar surface area (TPSA) is 69.6 Å². The Kier molecular flexibility index (Phi) is 4.07. The highest BCUT2D eigenvalue weighted by atomic mass is 16.4. The maximum Gasteiger partial charge on any atom is 0.322 e. The van der Waals surface area contributed by atoms with Gasteiger partial charge in [0.15, 0.2) is 5.78 Å². The van der Waals surface area contributed by atoms with Gasteiger partial charge >= 0.3 is 5.97 Å². The molecule has 1 atom stereocenters. The molecule has 2 N–H and O–H groups in total. The number of ketones is 1. The summed E-state index contributed by atoms with van der Waals surface area (Å²) < 4.78 is 0. The van der Waals surface area contributed by atoms with Crippen LogP contribution in [0.1, 0.15) is 10.4 Å². The van der Waals surface area contributed by atoms with E-state index in [0.717, 1.165) is 0 Å². The van der Waals surface area contributed by atoms with Crippen molar-refractivity contribution in [1.29, 1.82) is 0 Å². The molecule has 0 saturated carbocycles. The second-order valence-corrected chi connectivity index (χ2v) is 4.32. The molecular weight excluding hydrogens is 232 g/mol. The van der Waals surface area contributed by atoms with Crippen LogP contribution in [-0.4, -0.2) is 54.0 Å². The summed E-state index contributed by atoms with van der Waals surface area (Å²) in [5.41, 5.74) is 0.625. The van der Waals surface area contributed by atoms with E-state index in [1.165, 1.54) is 0 Å². The van der Waals surface area contributed by atoms with Gasteiger partial charge in [-0.2, -0.15) is 0 Å². The van der Waals surface area contributed by atoms with Crippen molar-refractivity contribution < 1.29 is 14.7 Å². The Balaban J connectivity index is 2.03. The maximum absolute atomic E-state index is 12.0. The summed E-state index contributed by atoms with van der Waals surface area (Å²) >= 11 is 0. The molecule has 1 aromatic carbocycles. The Labute approximate surface area is 105 Å². The van der Waals surface area contributed by atoms with E-state index >= 15 is 0 Å². The number of carboxylic acid groups (broad SMARTS) is 1. The van der Waals surface area contributed by atoms with E-state index in [1.54, 1.807) is 29.2 Å². The minimum absolute atomic E-state index is 0.0382. The number of carboxylic acids is 1. The van der Waals surface area contributed by atoms with Gasteiger partial charge in [0.05, 0.1) is 6.54 Å². The van der Waals surface area contributed by atoms with E-state index in [-0.39, 0.29) is 12.3 Å². The summed E-state index contributed by atoms with van der Waals surface area (Å²) in [7, 11) is 0. The number of carbonyl (C=O) groups excluding carboxylic acids is 1. The molecule has 1 aromatic rings. The van der Waals surface area contributed by atoms with Crippen molar-refractivity contribution in [3.05, 3.63) is 35.9 Å². The number of aliphatic carboxylic acids is 1. The summed E-state index contributed by atoms with van der Waals surface area (Å²) in [6.45, 7) is 1.83. The lowest BCUT2D eigenvalue weighted by Gasteiger charge is -2.32. The predicted molar refractivity (Wildman–Crippen MR) is 66.6 cm³/mol. The van der Waals surface area contributed by atoms with Gasteiger partial charge in [0, 0.05) is 25.2 Å². The third kappa shape index (κ3) is 2.94. The number of hydrogen-bond acceptors (Lipinski definition) is 4. The smallest absolute Gasteiger partial charge is 0.322 e. The molecule has 96 valence electrons. The molecule has 18 heavy (non-hydrogen) atoms. The summed E-state index contributed by atoms with van der Waals surface area (Å²) in [5.74, 6) is -0.924. The molecule has 0 aliphatic carbocycles. The molecule has 1 saturated heterocycles. The molecule has 0 bridgehead atoms. The van der Waals surface area contributed by atoms with Gasteiger partial charge in [-0.15, -0.1) is 0 Å². The van der Waals surface area contributed by atoms with Crippen molar-refractivity contribution in [2.45, 2.75) is 6.04 Å². The Morgan fingerprint density at radius 3 is 2.72 bits per heavy atom. The van der Waals surface area contributed by atoms with Gasteiger partial charge in [-0.25, -0.2) is 0 Å². The van der Waals surface area contributed by atoms with Crippen LogP contribution in [0, 0.1) is 0 Å². The van der Waals surface area contributed by atoms with Crippen molar-refractivity contribution in [2.24, 2.45) is 0 Å². The Bertz CT molecular complexity index is 433. The van der Waals surface area contributed by atoms with Gasteiger partial charge in [0.1, 0.15) is 6.04 Å². The zero-order valence-corrected chi connectivity index (χ0v) is 10.0. The fourth-order valence-electron chi connectivity index (χ4n) is 2.08. The monoisotopic (exact) mass is 248 g/mol. The zero-order valence-electron chi connectivity index (χ0n) is 10.0. The maximum atomic E-state index is 12.0. The molecular formula is C13H16N2O3. The Morgan fingerprint density at radius 2 is 2.06 bits per heavy atom. The lowest BCUT2D eigenvalue weighted by molar-refractivity contribution is -0.143. The fraction of sp³-hybridized carbons (Fsp3) is 0.385. The normalized spacial score (nSPS) is 20.6. The van der Waals surface area contributed by atoms with Crippen molar-refractivity contribution in [3.63, 3.8) is 0 Å². The third-order valence-electron chi connectivity index (χ3n) is 3.08. The van der Waals surface area contributed by atoms with Gasteiger partial charge in [-0.05, 0) is 0 Å². The van der Waals surface area contributed by atoms with Crippen molar-refractivity contribution in [3.8, 4) is 0 Å². The number of Topliss-reactive ketones (excluding diaryl/α,β-unsaturated/α-hetero) is 1. The predicted octanol–water partition coefficient (Wildman–Crippen LogP) is 0.228. The van der Waals surface area contributed by atoms with Crippen molar-refractivity contribution in [1.82, 2.24) is 10.2 Å². The quantitative estimate of drug-likeness (QED) is 0.746. The minimum Gasteiger partial charge on any atom is -0.480 e. The molecule has 1 heterocycles. The highest BCUT2D eigenvalue weighted by Crippen LogP contribution is 2.07. The number of benzene rings is 1. The van der Waals surface area contributed by atoms with Crippen molar-refractivity contribution in [2.75, 3.05) is 26.2 Å². The summed E-state index contributed by atoms with van der Waals surface area (Å²) in [5, 5.41) is 12.1. The van der Waals surface area contributed by atoms with Gasteiger partial charge in [-0.1, -0.05) is 30.3 Å². The van der Waals surface area contributed by atoms with E-state index < -0.39 is 12.0 Å². The average Bonchev–Trinajstić information content (AvgIpc) is 2.40. The van der Waals surface area contributed by atoms with Crippen LogP contribution >= 0.6 is 0 Å². The van der Waals surface area contributed by atoms with E-state index in [2.05, 4.69) is 5.32 Å². The molecule has 0 unspecified atom stereocenters. The van der Waals surface area contributed by atoms with Gasteiger partial charge in [0.2, 0.25) is 0 Å². The Hall–Kier alpha value is -1.72. The molecule has 2 rings (SSSR count). The van der Waals surface area contributed by atoms with E-state index in [0.29, 0.717) is 25.2 Å². The molecule has 1 fully saturated rings. The third-order valence-corrected chi connectivity index (χ3v) is 3.08. The first-order valence-electron chi connectivity index (χ1n) is 5.94. The number of rotatable bonds is 4. The number of nitrogens with one attached hydrogen (secondary N) is 1. The number of nitrogens with zero attached hydrogens (tertiary/aromatic N) is 1. The first-order valence-corrected chi connectivity index (χ1v) is 5.94. The van der Waals surface area contributed by atoms with Crippen LogP contribution in [0.15, 0.2) is 30.3 Å². The SMILES string of the molecule is O=C(CN1CCNC[C@@H]1C(=O)O)c1ccccc1. The highest BCUT2D eigenvalue weighted by Gasteiger charge is 2.29. The first-order chi connectivity index (χ1) is 8.68. The largest absolute Gasteiger partial charge is 0.480 e. The fourth-order valence-corrected chi connectivity index (χ4v) is 2.08. The van der Waals surface area contributed by atoms with E-state index in [4.69, 9.17) is 5.11 Å². The Morgan fingerprint density at radius 1 is 1.33 bits per heavy atom. The van der Waals surface area contributed by atoms with Gasteiger partial charge < -0.3 is 10.4 Å². The summed E-state index contributed by atoms with van der Waals surface area (Å²) in [4.78, 5) is 24.8. The molecule has 0 amide bonds. The van der Waals surface area contributed by atoms with Crippen LogP contribution in [-0.2, 0) is 4.79 Å². The lowest BCUT2D eigenvalue weighted by atomic mass is 10.1. The molecule has 0 spiro atoms. The number of carbonyl (C=O) groups is 2. The van der Waals surface area contributed by atoms with Gasteiger partial charge in [0.25, 0.3) is 0 Å². The van der Waals surface area contributed by atoms with Crippen LogP contribution in [0.4, 0.5) is 0 Å². The van der Waals surface area contributed by atoms with E-state index in [1.807, 2.05) is 6.07 Å². The second kappa shape index (κ2) is 5.75. The molecule has 5 heteroatoms. The average molecular weight is 248 g/mol. The zero-order chi connectivity index (χ0) is 13.0. The van der Waals surface area contributed by atoms with E-state index in [9.17, 15) is 9.59 Å². The first kappa shape index (κ1) is 12.7. The standard InChI is InChI=1S/C13H16N2O3/c16-12(10-4-2-1-3-5-10)9-15-7-6-14-8-11(15)13(17)18/h1-5,11,14H,6-9H2,(H,17,18)/t11-/m1/s1. The number of piperazine rings is 1.